The van der Waals surface area contributed by atoms with Gasteiger partial charge in [0, 0.05) is 18.0 Å². The fourth-order valence-electron chi connectivity index (χ4n) is 4.00. The van der Waals surface area contributed by atoms with Crippen molar-refractivity contribution in [3.63, 3.8) is 0 Å². The highest BCUT2D eigenvalue weighted by atomic mass is 32.2. The molecule has 0 radical (unpaired) electrons. The summed E-state index contributed by atoms with van der Waals surface area (Å²) in [7, 11) is 1.62. The van der Waals surface area contributed by atoms with Crippen LogP contribution in [0.15, 0.2) is 59.8 Å². The first-order chi connectivity index (χ1) is 14.7. The summed E-state index contributed by atoms with van der Waals surface area (Å²) in [5.41, 5.74) is 1.92. The van der Waals surface area contributed by atoms with Crippen LogP contribution in [-0.2, 0) is 6.42 Å². The number of hydrogen-bond donors (Lipinski definition) is 0. The van der Waals surface area contributed by atoms with E-state index >= 15 is 0 Å². The first-order valence-corrected chi connectivity index (χ1v) is 11.5. The van der Waals surface area contributed by atoms with Crippen LogP contribution in [0.4, 0.5) is 0 Å². The molecule has 0 atom stereocenters. The van der Waals surface area contributed by atoms with Crippen LogP contribution in [0, 0.1) is 0 Å². The molecule has 1 aliphatic carbocycles. The van der Waals surface area contributed by atoms with Crippen molar-refractivity contribution in [1.82, 2.24) is 14.8 Å². The SMILES string of the molecule is COc1ccc(C(=O)CSc2nnc(Cc3ccccc3)n2C2CCCCC2)cc1. The largest absolute Gasteiger partial charge is 0.497 e. The van der Waals surface area contributed by atoms with E-state index in [4.69, 9.17) is 4.74 Å². The van der Waals surface area contributed by atoms with Crippen molar-refractivity contribution in [2.24, 2.45) is 0 Å². The van der Waals surface area contributed by atoms with Gasteiger partial charge in [0.25, 0.3) is 0 Å². The van der Waals surface area contributed by atoms with Crippen LogP contribution >= 0.6 is 11.8 Å². The molecule has 3 aromatic rings. The van der Waals surface area contributed by atoms with Crippen LogP contribution in [0.5, 0.6) is 5.75 Å². The predicted molar refractivity (Wildman–Crippen MR) is 119 cm³/mol. The fraction of sp³-hybridized carbons (Fsp3) is 0.375. The first-order valence-electron chi connectivity index (χ1n) is 10.5. The molecule has 0 spiro atoms. The van der Waals surface area contributed by atoms with E-state index in [1.165, 1.54) is 36.6 Å². The Morgan fingerprint density at radius 3 is 2.47 bits per heavy atom. The minimum Gasteiger partial charge on any atom is -0.497 e. The number of Topliss-reactive ketones (excluding diaryl/α,β-unsaturated/α-hetero) is 1. The van der Waals surface area contributed by atoms with E-state index in [0.717, 1.165) is 36.0 Å². The zero-order valence-electron chi connectivity index (χ0n) is 17.3. The quantitative estimate of drug-likeness (QED) is 0.362. The third kappa shape index (κ3) is 4.93. The Hall–Kier alpha value is -2.60. The summed E-state index contributed by atoms with van der Waals surface area (Å²) < 4.78 is 7.48. The Bertz CT molecular complexity index is 964. The summed E-state index contributed by atoms with van der Waals surface area (Å²) in [5.74, 6) is 2.18. The molecule has 1 fully saturated rings. The first kappa shape index (κ1) is 20.7. The van der Waals surface area contributed by atoms with Gasteiger partial charge in [-0.2, -0.15) is 0 Å². The lowest BCUT2D eigenvalue weighted by Crippen LogP contribution is -2.17. The van der Waals surface area contributed by atoms with Crippen molar-refractivity contribution < 1.29 is 9.53 Å². The van der Waals surface area contributed by atoms with E-state index in [1.54, 1.807) is 7.11 Å². The minimum atomic E-state index is 0.0884. The molecule has 0 bridgehead atoms. The van der Waals surface area contributed by atoms with Gasteiger partial charge in [0.1, 0.15) is 11.6 Å². The Morgan fingerprint density at radius 1 is 1.03 bits per heavy atom. The Labute approximate surface area is 181 Å². The molecule has 0 unspecified atom stereocenters. The second-order valence-corrected chi connectivity index (χ2v) is 8.61. The number of carbonyl (C=O) groups excluding carboxylic acids is 1. The average molecular weight is 422 g/mol. The lowest BCUT2D eigenvalue weighted by molar-refractivity contribution is 0.102. The highest BCUT2D eigenvalue weighted by Gasteiger charge is 2.23. The van der Waals surface area contributed by atoms with Crippen LogP contribution in [0.25, 0.3) is 0 Å². The molecular formula is C24H27N3O2S. The number of aromatic nitrogens is 3. The summed E-state index contributed by atoms with van der Waals surface area (Å²) in [5, 5.41) is 9.86. The third-order valence-corrected chi connectivity index (χ3v) is 6.57. The molecule has 0 saturated heterocycles. The van der Waals surface area contributed by atoms with Gasteiger partial charge in [-0.05, 0) is 42.7 Å². The number of methoxy groups -OCH3 is 1. The second kappa shape index (κ2) is 9.94. The van der Waals surface area contributed by atoms with Crippen LogP contribution in [-0.4, -0.2) is 33.4 Å². The van der Waals surface area contributed by atoms with Crippen molar-refractivity contribution >= 4 is 17.5 Å². The lowest BCUT2D eigenvalue weighted by Gasteiger charge is -2.25. The van der Waals surface area contributed by atoms with Gasteiger partial charge in [0.2, 0.25) is 0 Å². The summed E-state index contributed by atoms with van der Waals surface area (Å²) in [4.78, 5) is 12.7. The fourth-order valence-corrected chi connectivity index (χ4v) is 4.92. The van der Waals surface area contributed by atoms with Crippen molar-refractivity contribution in [1.29, 1.82) is 0 Å². The standard InChI is InChI=1S/C24H27N3O2S/c1-29-21-14-12-19(13-15-21)22(28)17-30-24-26-25-23(16-18-8-4-2-5-9-18)27(24)20-10-6-3-7-11-20/h2,4-5,8-9,12-15,20H,3,6-7,10-11,16-17H2,1H3. The summed E-state index contributed by atoms with van der Waals surface area (Å²) >= 11 is 1.49. The molecule has 1 saturated carbocycles. The maximum absolute atomic E-state index is 12.7. The molecule has 1 heterocycles. The molecule has 30 heavy (non-hydrogen) atoms. The van der Waals surface area contributed by atoms with Gasteiger partial charge in [0.05, 0.1) is 12.9 Å². The van der Waals surface area contributed by atoms with Gasteiger partial charge >= 0.3 is 0 Å². The molecule has 1 aromatic heterocycles. The maximum atomic E-state index is 12.7. The smallest absolute Gasteiger partial charge is 0.191 e. The molecule has 6 heteroatoms. The number of rotatable bonds is 8. The molecule has 1 aliphatic rings. The number of nitrogens with zero attached hydrogens (tertiary/aromatic N) is 3. The second-order valence-electron chi connectivity index (χ2n) is 7.66. The number of thioether (sulfide) groups is 1. The number of carbonyl (C=O) groups is 1. The molecular weight excluding hydrogens is 394 g/mol. The van der Waals surface area contributed by atoms with E-state index in [-0.39, 0.29) is 5.78 Å². The minimum absolute atomic E-state index is 0.0884. The Balaban J connectivity index is 1.52. The summed E-state index contributed by atoms with van der Waals surface area (Å²) in [6.07, 6.45) is 6.84. The molecule has 5 nitrogen and oxygen atoms in total. The average Bonchev–Trinajstić information content (AvgIpc) is 3.21. The topological polar surface area (TPSA) is 57.0 Å². The number of ether oxygens (including phenoxy) is 1. The van der Waals surface area contributed by atoms with Crippen molar-refractivity contribution in [3.8, 4) is 5.75 Å². The molecule has 2 aromatic carbocycles. The van der Waals surface area contributed by atoms with Gasteiger partial charge in [-0.25, -0.2) is 0 Å². The van der Waals surface area contributed by atoms with Gasteiger partial charge in [0.15, 0.2) is 10.9 Å². The Morgan fingerprint density at radius 2 is 1.77 bits per heavy atom. The molecule has 0 aliphatic heterocycles. The molecule has 4 rings (SSSR count). The summed E-state index contributed by atoms with van der Waals surface area (Å²) in [6, 6.07) is 18.1. The third-order valence-electron chi connectivity index (χ3n) is 5.62. The van der Waals surface area contributed by atoms with Gasteiger partial charge < -0.3 is 9.30 Å². The van der Waals surface area contributed by atoms with E-state index < -0.39 is 0 Å². The van der Waals surface area contributed by atoms with Crippen LogP contribution < -0.4 is 4.74 Å². The van der Waals surface area contributed by atoms with Crippen molar-refractivity contribution in [2.75, 3.05) is 12.9 Å². The van der Waals surface area contributed by atoms with E-state index in [2.05, 4.69) is 39.0 Å². The van der Waals surface area contributed by atoms with Gasteiger partial charge in [-0.15, -0.1) is 10.2 Å². The summed E-state index contributed by atoms with van der Waals surface area (Å²) in [6.45, 7) is 0. The van der Waals surface area contributed by atoms with E-state index in [0.29, 0.717) is 17.4 Å². The van der Waals surface area contributed by atoms with Crippen LogP contribution in [0.2, 0.25) is 0 Å². The predicted octanol–water partition coefficient (Wildman–Crippen LogP) is 5.36. The lowest BCUT2D eigenvalue weighted by atomic mass is 9.95. The number of benzene rings is 2. The zero-order chi connectivity index (χ0) is 20.8. The molecule has 0 N–H and O–H groups in total. The Kier molecular flexibility index (Phi) is 6.84. The highest BCUT2D eigenvalue weighted by Crippen LogP contribution is 2.33. The van der Waals surface area contributed by atoms with Crippen molar-refractivity contribution in [3.05, 3.63) is 71.5 Å². The molecule has 156 valence electrons. The normalized spacial score (nSPS) is 14.6. The van der Waals surface area contributed by atoms with Gasteiger partial charge in [-0.1, -0.05) is 61.4 Å². The van der Waals surface area contributed by atoms with E-state index in [1.807, 2.05) is 30.3 Å². The molecule has 0 amide bonds. The van der Waals surface area contributed by atoms with Crippen LogP contribution in [0.3, 0.4) is 0 Å². The maximum Gasteiger partial charge on any atom is 0.191 e. The highest BCUT2D eigenvalue weighted by molar-refractivity contribution is 7.99. The monoisotopic (exact) mass is 421 g/mol. The number of hydrogen-bond acceptors (Lipinski definition) is 5. The number of ketones is 1. The van der Waals surface area contributed by atoms with Gasteiger partial charge in [-0.3, -0.25) is 4.79 Å². The van der Waals surface area contributed by atoms with E-state index in [9.17, 15) is 4.79 Å². The zero-order valence-corrected chi connectivity index (χ0v) is 18.1. The van der Waals surface area contributed by atoms with Crippen molar-refractivity contribution in [2.45, 2.75) is 49.7 Å². The van der Waals surface area contributed by atoms with Crippen LogP contribution in [0.1, 0.15) is 59.9 Å².